The Morgan fingerprint density at radius 2 is 2.18 bits per heavy atom. The molecule has 0 aliphatic carbocycles. The van der Waals surface area contributed by atoms with Crippen molar-refractivity contribution in [3.8, 4) is 0 Å². The first kappa shape index (κ1) is 11.5. The quantitative estimate of drug-likeness (QED) is 0.882. The lowest BCUT2D eigenvalue weighted by molar-refractivity contribution is 0.616. The van der Waals surface area contributed by atoms with E-state index in [1.54, 1.807) is 12.4 Å². The van der Waals surface area contributed by atoms with Gasteiger partial charge in [-0.15, -0.1) is 0 Å². The number of pyridine rings is 2. The first-order valence-electron chi connectivity index (χ1n) is 5.45. The monoisotopic (exact) mass is 231 g/mol. The Labute approximate surface area is 99.7 Å². The van der Waals surface area contributed by atoms with Gasteiger partial charge in [-0.05, 0) is 37.6 Å². The number of rotatable bonds is 3. The van der Waals surface area contributed by atoms with E-state index in [0.717, 1.165) is 16.9 Å². The van der Waals surface area contributed by atoms with Crippen molar-refractivity contribution in [3.63, 3.8) is 0 Å². The standard InChI is InChI=1S/C13H14FN3/c1-9(11-6-12(14)8-15-7-11)17-13-4-3-5-16-10(13)2/h3-9,17H,1-2H3. The Morgan fingerprint density at radius 1 is 1.35 bits per heavy atom. The molecule has 0 fully saturated rings. The lowest BCUT2D eigenvalue weighted by Gasteiger charge is -2.16. The molecule has 4 heteroatoms. The van der Waals surface area contributed by atoms with Crippen molar-refractivity contribution < 1.29 is 4.39 Å². The number of anilines is 1. The number of hydrogen-bond acceptors (Lipinski definition) is 3. The summed E-state index contributed by atoms with van der Waals surface area (Å²) in [7, 11) is 0. The van der Waals surface area contributed by atoms with Crippen LogP contribution in [0.4, 0.5) is 10.1 Å². The normalized spacial score (nSPS) is 12.2. The molecule has 2 heterocycles. The summed E-state index contributed by atoms with van der Waals surface area (Å²) >= 11 is 0. The fraction of sp³-hybridized carbons (Fsp3) is 0.231. The molecule has 1 N–H and O–H groups in total. The Bertz CT molecular complexity index is 514. The summed E-state index contributed by atoms with van der Waals surface area (Å²) in [5, 5.41) is 3.28. The third-order valence-corrected chi connectivity index (χ3v) is 2.60. The van der Waals surface area contributed by atoms with Crippen molar-refractivity contribution in [2.24, 2.45) is 0 Å². The van der Waals surface area contributed by atoms with Crippen LogP contribution in [0.1, 0.15) is 24.2 Å². The van der Waals surface area contributed by atoms with Gasteiger partial charge in [0.2, 0.25) is 0 Å². The average molecular weight is 231 g/mol. The molecule has 0 bridgehead atoms. The predicted molar refractivity (Wildman–Crippen MR) is 65.2 cm³/mol. The Hall–Kier alpha value is -1.97. The second-order valence-electron chi connectivity index (χ2n) is 3.94. The highest BCUT2D eigenvalue weighted by Gasteiger charge is 2.08. The number of aromatic nitrogens is 2. The van der Waals surface area contributed by atoms with Crippen LogP contribution in [0.2, 0.25) is 0 Å². The Kier molecular flexibility index (Phi) is 3.32. The van der Waals surface area contributed by atoms with Crippen LogP contribution < -0.4 is 5.32 Å². The zero-order valence-electron chi connectivity index (χ0n) is 9.81. The van der Waals surface area contributed by atoms with Gasteiger partial charge in [-0.25, -0.2) is 4.39 Å². The lowest BCUT2D eigenvalue weighted by atomic mass is 10.1. The smallest absolute Gasteiger partial charge is 0.141 e. The number of nitrogens with zero attached hydrogens (tertiary/aromatic N) is 2. The third-order valence-electron chi connectivity index (χ3n) is 2.60. The zero-order valence-corrected chi connectivity index (χ0v) is 9.81. The average Bonchev–Trinajstić information content (AvgIpc) is 2.32. The highest BCUT2D eigenvalue weighted by molar-refractivity contribution is 5.48. The van der Waals surface area contributed by atoms with E-state index in [-0.39, 0.29) is 11.9 Å². The molecule has 0 saturated heterocycles. The van der Waals surface area contributed by atoms with Crippen LogP contribution in [0.3, 0.4) is 0 Å². The highest BCUT2D eigenvalue weighted by atomic mass is 19.1. The van der Waals surface area contributed by atoms with Gasteiger partial charge in [-0.1, -0.05) is 0 Å². The molecule has 1 unspecified atom stereocenters. The van der Waals surface area contributed by atoms with Crippen molar-refractivity contribution in [1.29, 1.82) is 0 Å². The van der Waals surface area contributed by atoms with Crippen LogP contribution in [0.15, 0.2) is 36.8 Å². The molecule has 0 aliphatic heterocycles. The summed E-state index contributed by atoms with van der Waals surface area (Å²) in [6.45, 7) is 3.89. The predicted octanol–water partition coefficient (Wildman–Crippen LogP) is 3.10. The van der Waals surface area contributed by atoms with E-state index >= 15 is 0 Å². The maximum Gasteiger partial charge on any atom is 0.141 e. The molecule has 0 radical (unpaired) electrons. The van der Waals surface area contributed by atoms with Gasteiger partial charge in [-0.2, -0.15) is 0 Å². The van der Waals surface area contributed by atoms with Crippen LogP contribution in [-0.4, -0.2) is 9.97 Å². The molecule has 0 aliphatic rings. The van der Waals surface area contributed by atoms with Gasteiger partial charge >= 0.3 is 0 Å². The van der Waals surface area contributed by atoms with Crippen LogP contribution in [0.25, 0.3) is 0 Å². The van der Waals surface area contributed by atoms with E-state index < -0.39 is 0 Å². The first-order valence-corrected chi connectivity index (χ1v) is 5.45. The number of hydrogen-bond donors (Lipinski definition) is 1. The van der Waals surface area contributed by atoms with E-state index in [2.05, 4.69) is 15.3 Å². The van der Waals surface area contributed by atoms with Crippen molar-refractivity contribution in [2.75, 3.05) is 5.32 Å². The molecule has 1 atom stereocenters. The number of halogens is 1. The van der Waals surface area contributed by atoms with Crippen molar-refractivity contribution in [2.45, 2.75) is 19.9 Å². The van der Waals surface area contributed by atoms with Crippen LogP contribution in [0, 0.1) is 12.7 Å². The Balaban J connectivity index is 2.17. The number of aryl methyl sites for hydroxylation is 1. The second kappa shape index (κ2) is 4.91. The van der Waals surface area contributed by atoms with Gasteiger partial charge in [0.15, 0.2) is 0 Å². The summed E-state index contributed by atoms with van der Waals surface area (Å²) in [6, 6.07) is 5.29. The molecule has 0 saturated carbocycles. The van der Waals surface area contributed by atoms with E-state index in [1.165, 1.54) is 12.3 Å². The SMILES string of the molecule is Cc1ncccc1NC(C)c1cncc(F)c1. The van der Waals surface area contributed by atoms with E-state index in [1.807, 2.05) is 26.0 Å². The molecule has 3 nitrogen and oxygen atoms in total. The van der Waals surface area contributed by atoms with E-state index in [0.29, 0.717) is 0 Å². The summed E-state index contributed by atoms with van der Waals surface area (Å²) in [5.41, 5.74) is 2.68. The van der Waals surface area contributed by atoms with Crippen LogP contribution >= 0.6 is 0 Å². The maximum atomic E-state index is 13.0. The molecular weight excluding hydrogens is 217 g/mol. The lowest BCUT2D eigenvalue weighted by Crippen LogP contribution is -2.08. The molecule has 2 rings (SSSR count). The van der Waals surface area contributed by atoms with Gasteiger partial charge < -0.3 is 5.32 Å². The van der Waals surface area contributed by atoms with Crippen LogP contribution in [-0.2, 0) is 0 Å². The maximum absolute atomic E-state index is 13.0. The Morgan fingerprint density at radius 3 is 2.88 bits per heavy atom. The third kappa shape index (κ3) is 2.78. The molecule has 0 spiro atoms. The van der Waals surface area contributed by atoms with Gasteiger partial charge in [-0.3, -0.25) is 9.97 Å². The minimum absolute atomic E-state index is 0.0129. The van der Waals surface area contributed by atoms with Crippen molar-refractivity contribution >= 4 is 5.69 Å². The minimum atomic E-state index is -0.320. The molecule has 0 aromatic carbocycles. The molecular formula is C13H14FN3. The van der Waals surface area contributed by atoms with Crippen molar-refractivity contribution in [3.05, 3.63) is 53.9 Å². The van der Waals surface area contributed by atoms with E-state index in [4.69, 9.17) is 0 Å². The summed E-state index contributed by atoms with van der Waals surface area (Å²) < 4.78 is 13.0. The largest absolute Gasteiger partial charge is 0.377 e. The topological polar surface area (TPSA) is 37.8 Å². The van der Waals surface area contributed by atoms with Gasteiger partial charge in [0.25, 0.3) is 0 Å². The fourth-order valence-electron chi connectivity index (χ4n) is 1.62. The van der Waals surface area contributed by atoms with Crippen LogP contribution in [0.5, 0.6) is 0 Å². The van der Waals surface area contributed by atoms with Gasteiger partial charge in [0, 0.05) is 12.4 Å². The van der Waals surface area contributed by atoms with Gasteiger partial charge in [0.1, 0.15) is 5.82 Å². The minimum Gasteiger partial charge on any atom is -0.377 e. The second-order valence-corrected chi connectivity index (χ2v) is 3.94. The van der Waals surface area contributed by atoms with E-state index in [9.17, 15) is 4.39 Å². The molecule has 0 amide bonds. The summed E-state index contributed by atoms with van der Waals surface area (Å²) in [6.07, 6.45) is 4.60. The molecule has 2 aromatic heterocycles. The number of nitrogens with one attached hydrogen (secondary N) is 1. The van der Waals surface area contributed by atoms with Gasteiger partial charge in [0.05, 0.1) is 23.6 Å². The fourth-order valence-corrected chi connectivity index (χ4v) is 1.62. The van der Waals surface area contributed by atoms with Crippen molar-refractivity contribution in [1.82, 2.24) is 9.97 Å². The molecule has 17 heavy (non-hydrogen) atoms. The highest BCUT2D eigenvalue weighted by Crippen LogP contribution is 2.20. The first-order chi connectivity index (χ1) is 8.16. The molecule has 88 valence electrons. The molecule has 2 aromatic rings. The summed E-state index contributed by atoms with van der Waals surface area (Å²) in [5.74, 6) is -0.320. The summed E-state index contributed by atoms with van der Waals surface area (Å²) in [4.78, 5) is 8.03. The zero-order chi connectivity index (χ0) is 12.3.